The van der Waals surface area contributed by atoms with Gasteiger partial charge < -0.3 is 27.8 Å². The highest BCUT2D eigenvalue weighted by Crippen LogP contribution is 2.31. The van der Waals surface area contributed by atoms with Gasteiger partial charge in [-0.2, -0.15) is 0 Å². The number of aromatic nitrogens is 3. The fourth-order valence-electron chi connectivity index (χ4n) is 3.93. The van der Waals surface area contributed by atoms with Crippen molar-refractivity contribution in [3.05, 3.63) is 95.2 Å². The van der Waals surface area contributed by atoms with Crippen molar-refractivity contribution in [3.8, 4) is 34.7 Å². The second kappa shape index (κ2) is 12.2. The van der Waals surface area contributed by atoms with Crippen molar-refractivity contribution >= 4 is 12.3 Å². The molecule has 0 atom stereocenters. The minimum Gasteiger partial charge on any atom is -0.493 e. The van der Waals surface area contributed by atoms with Gasteiger partial charge in [0.2, 0.25) is 11.6 Å². The summed E-state index contributed by atoms with van der Waals surface area (Å²) in [5, 5.41) is 4.40. The summed E-state index contributed by atoms with van der Waals surface area (Å²) in [6.07, 6.45) is 2.33. The van der Waals surface area contributed by atoms with Gasteiger partial charge >= 0.3 is 5.97 Å². The molecule has 0 aliphatic carbocycles. The highest BCUT2D eigenvalue weighted by atomic mass is 16.5. The van der Waals surface area contributed by atoms with Crippen LogP contribution in [0.2, 0.25) is 0 Å². The van der Waals surface area contributed by atoms with E-state index in [0.717, 1.165) is 11.3 Å². The van der Waals surface area contributed by atoms with Gasteiger partial charge in [0.05, 0.1) is 25.0 Å². The summed E-state index contributed by atoms with van der Waals surface area (Å²) < 4.78 is 35.1. The quantitative estimate of drug-likeness (QED) is 0.142. The van der Waals surface area contributed by atoms with Crippen molar-refractivity contribution in [2.45, 2.75) is 27.1 Å². The van der Waals surface area contributed by atoms with E-state index in [4.69, 9.17) is 27.8 Å². The molecular formula is C30H27N3O8. The number of methoxy groups -OCH3 is 1. The molecule has 0 saturated heterocycles. The molecule has 0 amide bonds. The summed E-state index contributed by atoms with van der Waals surface area (Å²) in [5.41, 5.74) is 2.50. The molecule has 0 unspecified atom stereocenters. The fourth-order valence-corrected chi connectivity index (χ4v) is 3.93. The van der Waals surface area contributed by atoms with Gasteiger partial charge in [-0.15, -0.1) is 5.10 Å². The average molecular weight is 558 g/mol. The molecular weight excluding hydrogens is 530 g/mol. The Hall–Kier alpha value is -5.32. The third-order valence-electron chi connectivity index (χ3n) is 6.01. The Morgan fingerprint density at radius 3 is 2.59 bits per heavy atom. The van der Waals surface area contributed by atoms with E-state index >= 15 is 0 Å². The van der Waals surface area contributed by atoms with Crippen molar-refractivity contribution in [1.82, 2.24) is 14.8 Å². The van der Waals surface area contributed by atoms with Crippen molar-refractivity contribution in [2.75, 3.05) is 13.7 Å². The maximum atomic E-state index is 11.9. The van der Waals surface area contributed by atoms with Crippen LogP contribution in [-0.2, 0) is 18.0 Å². The number of carbonyl (C=O) groups is 2. The van der Waals surface area contributed by atoms with Crippen molar-refractivity contribution in [1.29, 1.82) is 0 Å². The number of furan rings is 1. The Morgan fingerprint density at radius 2 is 1.83 bits per heavy atom. The van der Waals surface area contributed by atoms with E-state index in [1.165, 1.54) is 13.2 Å². The van der Waals surface area contributed by atoms with E-state index < -0.39 is 5.97 Å². The SMILES string of the molecule is CCOC(=O)c1ccc(-c2nc(COc3ccc(COc4nn(-c5ccccc5)cc4C=O)cc3OC)c(C)o2)o1. The van der Waals surface area contributed by atoms with Crippen LogP contribution in [-0.4, -0.2) is 40.7 Å². The zero-order valence-corrected chi connectivity index (χ0v) is 22.7. The maximum Gasteiger partial charge on any atom is 0.374 e. The van der Waals surface area contributed by atoms with E-state index in [2.05, 4.69) is 10.1 Å². The van der Waals surface area contributed by atoms with Gasteiger partial charge in [0.25, 0.3) is 5.89 Å². The minimum absolute atomic E-state index is 0.0660. The van der Waals surface area contributed by atoms with Crippen LogP contribution in [0.5, 0.6) is 17.4 Å². The lowest BCUT2D eigenvalue weighted by atomic mass is 10.2. The normalized spacial score (nSPS) is 10.8. The van der Waals surface area contributed by atoms with Gasteiger partial charge in [-0.05, 0) is 55.8 Å². The number of aryl methyl sites for hydroxylation is 1. The van der Waals surface area contributed by atoms with Gasteiger partial charge in [0, 0.05) is 6.20 Å². The van der Waals surface area contributed by atoms with Crippen LogP contribution < -0.4 is 14.2 Å². The number of esters is 1. The van der Waals surface area contributed by atoms with Crippen molar-refractivity contribution < 1.29 is 37.4 Å². The van der Waals surface area contributed by atoms with Gasteiger partial charge in [0.1, 0.15) is 24.7 Å². The smallest absolute Gasteiger partial charge is 0.374 e. The Kier molecular flexibility index (Phi) is 8.14. The lowest BCUT2D eigenvalue weighted by Gasteiger charge is -2.12. The molecule has 0 saturated carbocycles. The van der Waals surface area contributed by atoms with Crippen LogP contribution in [0.1, 0.15) is 44.9 Å². The van der Waals surface area contributed by atoms with Crippen LogP contribution >= 0.6 is 0 Å². The summed E-state index contributed by atoms with van der Waals surface area (Å²) in [7, 11) is 1.54. The minimum atomic E-state index is -0.558. The van der Waals surface area contributed by atoms with E-state index in [-0.39, 0.29) is 37.4 Å². The van der Waals surface area contributed by atoms with Crippen LogP contribution in [0, 0.1) is 6.92 Å². The fraction of sp³-hybridized carbons (Fsp3) is 0.200. The van der Waals surface area contributed by atoms with Crippen LogP contribution in [0.25, 0.3) is 17.3 Å². The first-order valence-electron chi connectivity index (χ1n) is 12.8. The Morgan fingerprint density at radius 1 is 1.00 bits per heavy atom. The highest BCUT2D eigenvalue weighted by Gasteiger charge is 2.19. The first-order valence-corrected chi connectivity index (χ1v) is 12.8. The third-order valence-corrected chi connectivity index (χ3v) is 6.01. The van der Waals surface area contributed by atoms with Crippen molar-refractivity contribution in [2.24, 2.45) is 0 Å². The number of benzene rings is 2. The Balaban J connectivity index is 1.24. The molecule has 5 rings (SSSR count). The number of nitrogens with zero attached hydrogens (tertiary/aromatic N) is 3. The number of oxazole rings is 1. The standard InChI is InChI=1S/C30H27N3O8/c1-4-37-30(35)26-13-12-25(41-26)29-31-23(19(2)40-29)18-38-24-11-10-20(14-27(24)36-3)17-39-28-21(16-34)15-33(32-28)22-8-6-5-7-9-22/h5-16H,4,17-18H2,1-3H3. The molecule has 0 aliphatic heterocycles. The summed E-state index contributed by atoms with van der Waals surface area (Å²) in [5.74, 6) is 1.78. The number of hydrogen-bond donors (Lipinski definition) is 0. The van der Waals surface area contributed by atoms with E-state index in [1.54, 1.807) is 42.9 Å². The molecule has 210 valence electrons. The molecule has 2 aromatic carbocycles. The summed E-state index contributed by atoms with van der Waals surface area (Å²) in [4.78, 5) is 27.9. The maximum absolute atomic E-state index is 11.9. The van der Waals surface area contributed by atoms with Gasteiger partial charge in [-0.25, -0.2) is 14.5 Å². The molecule has 11 nitrogen and oxygen atoms in total. The van der Waals surface area contributed by atoms with Crippen LogP contribution in [0.4, 0.5) is 0 Å². The second-order valence-electron chi connectivity index (χ2n) is 8.76. The predicted molar refractivity (Wildman–Crippen MR) is 146 cm³/mol. The topological polar surface area (TPSA) is 128 Å². The zero-order chi connectivity index (χ0) is 28.8. The number of ether oxygens (including phenoxy) is 4. The lowest BCUT2D eigenvalue weighted by Crippen LogP contribution is -2.02. The molecule has 0 N–H and O–H groups in total. The molecule has 3 aromatic heterocycles. The van der Waals surface area contributed by atoms with Crippen LogP contribution in [0.15, 0.2) is 75.7 Å². The molecule has 0 bridgehead atoms. The lowest BCUT2D eigenvalue weighted by molar-refractivity contribution is 0.0491. The molecule has 5 aromatic rings. The molecule has 0 radical (unpaired) electrons. The molecule has 0 fully saturated rings. The van der Waals surface area contributed by atoms with Gasteiger partial charge in [0.15, 0.2) is 23.5 Å². The Bertz CT molecular complexity index is 1650. The van der Waals surface area contributed by atoms with E-state index in [9.17, 15) is 9.59 Å². The zero-order valence-electron chi connectivity index (χ0n) is 22.7. The summed E-state index contributed by atoms with van der Waals surface area (Å²) in [6.45, 7) is 3.98. The van der Waals surface area contributed by atoms with Crippen LogP contribution in [0.3, 0.4) is 0 Å². The summed E-state index contributed by atoms with van der Waals surface area (Å²) >= 11 is 0. The predicted octanol–water partition coefficient (Wildman–Crippen LogP) is 5.58. The average Bonchev–Trinajstić information content (AvgIpc) is 3.74. The monoisotopic (exact) mass is 557 g/mol. The number of carbonyl (C=O) groups excluding carboxylic acids is 2. The van der Waals surface area contributed by atoms with Crippen molar-refractivity contribution in [3.63, 3.8) is 0 Å². The summed E-state index contributed by atoms with van der Waals surface area (Å²) in [6, 6.07) is 17.9. The highest BCUT2D eigenvalue weighted by molar-refractivity contribution is 5.86. The largest absolute Gasteiger partial charge is 0.493 e. The van der Waals surface area contributed by atoms with Gasteiger partial charge in [-0.1, -0.05) is 24.3 Å². The molecule has 0 spiro atoms. The Labute approximate surface area is 235 Å². The molecule has 0 aliphatic rings. The number of para-hydroxylation sites is 1. The number of rotatable bonds is 12. The number of hydrogen-bond acceptors (Lipinski definition) is 10. The molecule has 3 heterocycles. The van der Waals surface area contributed by atoms with Gasteiger partial charge in [-0.3, -0.25) is 4.79 Å². The van der Waals surface area contributed by atoms with E-state index in [1.807, 2.05) is 36.4 Å². The number of aldehydes is 1. The third kappa shape index (κ3) is 6.14. The first kappa shape index (κ1) is 27.3. The molecule has 41 heavy (non-hydrogen) atoms. The first-order chi connectivity index (χ1) is 20.0. The van der Waals surface area contributed by atoms with E-state index in [0.29, 0.717) is 40.6 Å². The second-order valence-corrected chi connectivity index (χ2v) is 8.76. The molecule has 11 heteroatoms.